The van der Waals surface area contributed by atoms with E-state index >= 15 is 0 Å². The molecule has 150 valence electrons. The Morgan fingerprint density at radius 2 is 2.00 bits per heavy atom. The van der Waals surface area contributed by atoms with Gasteiger partial charge in [0, 0.05) is 30.6 Å². The van der Waals surface area contributed by atoms with Gasteiger partial charge in [0.1, 0.15) is 5.82 Å². The number of hydrogen-bond acceptors (Lipinski definition) is 5. The summed E-state index contributed by atoms with van der Waals surface area (Å²) in [5, 5.41) is 0. The number of benzene rings is 1. The number of aryl methyl sites for hydroxylation is 1. The van der Waals surface area contributed by atoms with Crippen molar-refractivity contribution in [2.45, 2.75) is 57.8 Å². The number of nitrogens with zero attached hydrogens (tertiary/aromatic N) is 2. The van der Waals surface area contributed by atoms with Gasteiger partial charge in [-0.2, -0.15) is 8.78 Å². The van der Waals surface area contributed by atoms with E-state index in [-0.39, 0.29) is 23.1 Å². The van der Waals surface area contributed by atoms with Crippen LogP contribution in [0, 0.1) is 6.92 Å². The summed E-state index contributed by atoms with van der Waals surface area (Å²) >= 11 is 0. The molecule has 28 heavy (non-hydrogen) atoms. The third-order valence-corrected chi connectivity index (χ3v) is 5.67. The van der Waals surface area contributed by atoms with Crippen LogP contribution in [0.25, 0.3) is 0 Å². The second-order valence-electron chi connectivity index (χ2n) is 7.41. The molecule has 0 aliphatic carbocycles. The molecule has 2 bridgehead atoms. The maximum absolute atomic E-state index is 12.5. The lowest BCUT2D eigenvalue weighted by atomic mass is 9.98. The fraction of sp³-hybridized carbons (Fsp3) is 0.500. The molecule has 1 fully saturated rings. The van der Waals surface area contributed by atoms with Crippen molar-refractivity contribution in [2.24, 2.45) is 0 Å². The highest BCUT2D eigenvalue weighted by atomic mass is 19.3. The zero-order valence-corrected chi connectivity index (χ0v) is 15.9. The number of aromatic nitrogens is 2. The van der Waals surface area contributed by atoms with E-state index in [0.29, 0.717) is 24.8 Å². The first-order valence-electron chi connectivity index (χ1n) is 9.40. The van der Waals surface area contributed by atoms with Gasteiger partial charge in [-0.15, -0.1) is 0 Å². The van der Waals surface area contributed by atoms with Crippen molar-refractivity contribution >= 4 is 0 Å². The number of alkyl halides is 2. The number of rotatable bonds is 5. The van der Waals surface area contributed by atoms with Gasteiger partial charge in [0.25, 0.3) is 5.56 Å². The highest BCUT2D eigenvalue weighted by molar-refractivity contribution is 5.43. The van der Waals surface area contributed by atoms with Crippen molar-refractivity contribution in [1.82, 2.24) is 14.9 Å². The summed E-state index contributed by atoms with van der Waals surface area (Å²) in [5.74, 6) is 0.961. The summed E-state index contributed by atoms with van der Waals surface area (Å²) in [6.45, 7) is -0.433. The molecule has 1 aromatic heterocycles. The number of aromatic amines is 1. The molecule has 2 aliphatic heterocycles. The molecule has 4 rings (SSSR count). The summed E-state index contributed by atoms with van der Waals surface area (Å²) in [4.78, 5) is 22.2. The summed E-state index contributed by atoms with van der Waals surface area (Å²) in [6.07, 6.45) is 3.51. The Morgan fingerprint density at radius 3 is 2.71 bits per heavy atom. The largest absolute Gasteiger partial charge is 0.493 e. The topological polar surface area (TPSA) is 67.5 Å². The maximum atomic E-state index is 12.5. The summed E-state index contributed by atoms with van der Waals surface area (Å²) in [6, 6.07) is 5.62. The van der Waals surface area contributed by atoms with Crippen LogP contribution in [0.4, 0.5) is 8.78 Å². The van der Waals surface area contributed by atoms with Crippen LogP contribution in [0.5, 0.6) is 11.5 Å². The highest BCUT2D eigenvalue weighted by Crippen LogP contribution is 2.35. The van der Waals surface area contributed by atoms with Gasteiger partial charge in [-0.25, -0.2) is 4.98 Å². The van der Waals surface area contributed by atoms with E-state index in [4.69, 9.17) is 4.74 Å². The number of halogens is 2. The van der Waals surface area contributed by atoms with E-state index in [1.54, 1.807) is 19.1 Å². The quantitative estimate of drug-likeness (QED) is 0.849. The molecule has 2 aliphatic rings. The number of hydrogen-bond donors (Lipinski definition) is 1. The first-order chi connectivity index (χ1) is 13.4. The predicted molar refractivity (Wildman–Crippen MR) is 99.0 cm³/mol. The van der Waals surface area contributed by atoms with Gasteiger partial charge in [-0.1, -0.05) is 6.07 Å². The van der Waals surface area contributed by atoms with Crippen molar-refractivity contribution in [3.63, 3.8) is 0 Å². The lowest BCUT2D eigenvalue weighted by molar-refractivity contribution is -0.0512. The van der Waals surface area contributed by atoms with E-state index in [1.807, 2.05) is 0 Å². The van der Waals surface area contributed by atoms with Gasteiger partial charge in [0.05, 0.1) is 12.8 Å². The summed E-state index contributed by atoms with van der Waals surface area (Å²) in [5.41, 5.74) is 2.61. The van der Waals surface area contributed by atoms with Crippen LogP contribution in [0.15, 0.2) is 23.0 Å². The van der Waals surface area contributed by atoms with E-state index in [1.165, 1.54) is 13.2 Å². The van der Waals surface area contributed by atoms with Crippen LogP contribution >= 0.6 is 0 Å². The molecular weight excluding hydrogens is 368 g/mol. The fourth-order valence-corrected chi connectivity index (χ4v) is 4.43. The van der Waals surface area contributed by atoms with Gasteiger partial charge >= 0.3 is 6.61 Å². The first kappa shape index (κ1) is 18.9. The number of ether oxygens (including phenoxy) is 2. The zero-order chi connectivity index (χ0) is 19.8. The normalized spacial score (nSPS) is 21.5. The van der Waals surface area contributed by atoms with Crippen LogP contribution in [0.2, 0.25) is 0 Å². The van der Waals surface area contributed by atoms with Crippen LogP contribution in [-0.4, -0.2) is 40.7 Å². The smallest absolute Gasteiger partial charge is 0.387 e. The number of H-pyrrole nitrogens is 1. The minimum atomic E-state index is -2.89. The highest BCUT2D eigenvalue weighted by Gasteiger charge is 2.38. The van der Waals surface area contributed by atoms with E-state index in [9.17, 15) is 13.6 Å². The Balaban J connectivity index is 1.58. The molecule has 3 heterocycles. The Bertz CT molecular complexity index is 931. The molecule has 1 N–H and O–H groups in total. The van der Waals surface area contributed by atoms with E-state index in [0.717, 1.165) is 36.1 Å². The summed E-state index contributed by atoms with van der Waals surface area (Å²) < 4.78 is 34.8. The summed E-state index contributed by atoms with van der Waals surface area (Å²) in [7, 11) is 1.43. The molecule has 8 heteroatoms. The third-order valence-electron chi connectivity index (χ3n) is 5.67. The maximum Gasteiger partial charge on any atom is 0.387 e. The van der Waals surface area contributed by atoms with Gasteiger partial charge in [-0.05, 0) is 43.9 Å². The average Bonchev–Trinajstić information content (AvgIpc) is 2.91. The molecule has 0 unspecified atom stereocenters. The fourth-order valence-electron chi connectivity index (χ4n) is 4.43. The Kier molecular flexibility index (Phi) is 5.05. The van der Waals surface area contributed by atoms with Crippen LogP contribution < -0.4 is 15.0 Å². The van der Waals surface area contributed by atoms with Crippen molar-refractivity contribution in [2.75, 3.05) is 7.11 Å². The minimum absolute atomic E-state index is 0.0266. The molecule has 1 aromatic carbocycles. The lowest BCUT2D eigenvalue weighted by Crippen LogP contribution is -2.36. The van der Waals surface area contributed by atoms with E-state index < -0.39 is 6.61 Å². The SMILES string of the molecule is COc1cc(CN2[C@@H]3CC[C@@H]2Cc2c(nc(C)[nH]c2=O)C3)ccc1OC(F)F. The number of fused-ring (bicyclic) bond motifs is 3. The molecule has 0 saturated carbocycles. The molecule has 0 radical (unpaired) electrons. The molecule has 6 nitrogen and oxygen atoms in total. The molecule has 0 amide bonds. The Morgan fingerprint density at radius 1 is 1.25 bits per heavy atom. The van der Waals surface area contributed by atoms with Crippen molar-refractivity contribution in [1.29, 1.82) is 0 Å². The second-order valence-corrected chi connectivity index (χ2v) is 7.41. The van der Waals surface area contributed by atoms with Crippen molar-refractivity contribution < 1.29 is 18.3 Å². The van der Waals surface area contributed by atoms with Gasteiger partial charge in [0.15, 0.2) is 11.5 Å². The first-order valence-corrected chi connectivity index (χ1v) is 9.40. The second kappa shape index (κ2) is 7.50. The van der Waals surface area contributed by atoms with Gasteiger partial charge < -0.3 is 14.5 Å². The van der Waals surface area contributed by atoms with Crippen molar-refractivity contribution in [3.8, 4) is 11.5 Å². The molecule has 0 spiro atoms. The predicted octanol–water partition coefficient (Wildman–Crippen LogP) is 2.82. The van der Waals surface area contributed by atoms with Crippen LogP contribution in [-0.2, 0) is 19.4 Å². The zero-order valence-electron chi connectivity index (χ0n) is 15.9. The molecular formula is C20H23F2N3O3. The minimum Gasteiger partial charge on any atom is -0.493 e. The average molecular weight is 391 g/mol. The standard InChI is InChI=1S/C20H23F2N3O3/c1-11-23-16-9-14-5-4-13(8-15(16)19(26)24-11)25(14)10-12-3-6-17(28-20(21)22)18(7-12)27-2/h3,6-7,13-14,20H,4-5,8-10H2,1-2H3,(H,23,24,26)/t13-,14-/m1/s1. The number of nitrogens with one attached hydrogen (secondary N) is 1. The van der Waals surface area contributed by atoms with Crippen molar-refractivity contribution in [3.05, 3.63) is 51.2 Å². The molecule has 2 atom stereocenters. The van der Waals surface area contributed by atoms with Crippen LogP contribution in [0.3, 0.4) is 0 Å². The molecule has 2 aromatic rings. The third kappa shape index (κ3) is 3.61. The number of methoxy groups -OCH3 is 1. The monoisotopic (exact) mass is 391 g/mol. The van der Waals surface area contributed by atoms with Gasteiger partial charge in [0.2, 0.25) is 0 Å². The molecule has 1 saturated heterocycles. The lowest BCUT2D eigenvalue weighted by Gasteiger charge is -2.28. The Hall–Kier alpha value is -2.48. The van der Waals surface area contributed by atoms with E-state index in [2.05, 4.69) is 19.6 Å². The van der Waals surface area contributed by atoms with Gasteiger partial charge in [-0.3, -0.25) is 9.69 Å². The Labute approximate surface area is 161 Å². The van der Waals surface area contributed by atoms with Crippen LogP contribution in [0.1, 0.15) is 35.5 Å².